The van der Waals surface area contributed by atoms with E-state index in [-0.39, 0.29) is 12.1 Å². The fraction of sp³-hybridized carbons (Fsp3) is 0.250. The van der Waals surface area contributed by atoms with Gasteiger partial charge >= 0.3 is 6.03 Å². The summed E-state index contributed by atoms with van der Waals surface area (Å²) in [6, 6.07) is 13.1. The molecule has 0 radical (unpaired) electrons. The highest BCUT2D eigenvalue weighted by Gasteiger charge is 2.49. The van der Waals surface area contributed by atoms with E-state index < -0.39 is 23.3 Å². The van der Waals surface area contributed by atoms with Crippen LogP contribution < -0.4 is 14.8 Å². The quantitative estimate of drug-likeness (QED) is 0.625. The summed E-state index contributed by atoms with van der Waals surface area (Å²) in [6.45, 7) is 1.25. The molecular weight excluding hydrogens is 348 g/mol. The molecule has 3 amide bonds. The van der Waals surface area contributed by atoms with Crippen molar-refractivity contribution in [1.29, 1.82) is 0 Å². The van der Waals surface area contributed by atoms with Crippen molar-refractivity contribution in [2.75, 3.05) is 20.8 Å². The molecule has 0 aliphatic carbocycles. The summed E-state index contributed by atoms with van der Waals surface area (Å²) in [5.74, 6) is -0.0258. The highest BCUT2D eigenvalue weighted by Crippen LogP contribution is 2.30. The smallest absolute Gasteiger partial charge is 0.325 e. The highest BCUT2D eigenvalue weighted by molar-refractivity contribution is 6.11. The molecule has 0 aromatic heterocycles. The van der Waals surface area contributed by atoms with Crippen LogP contribution in [0.15, 0.2) is 48.5 Å². The van der Waals surface area contributed by atoms with E-state index >= 15 is 0 Å². The average molecular weight is 368 g/mol. The predicted octanol–water partition coefficient (Wildman–Crippen LogP) is 2.35. The van der Waals surface area contributed by atoms with Crippen LogP contribution in [0.25, 0.3) is 0 Å². The van der Waals surface area contributed by atoms with Gasteiger partial charge in [0.25, 0.3) is 5.91 Å². The van der Waals surface area contributed by atoms with Gasteiger partial charge in [-0.05, 0) is 24.6 Å². The number of amides is 3. The lowest BCUT2D eigenvalue weighted by atomic mass is 9.92. The molecule has 7 heteroatoms. The van der Waals surface area contributed by atoms with Crippen LogP contribution in [0, 0.1) is 0 Å². The Morgan fingerprint density at radius 2 is 1.78 bits per heavy atom. The predicted molar refractivity (Wildman–Crippen MR) is 97.9 cm³/mol. The number of carbonyl (C=O) groups excluding carboxylic acids is 3. The molecule has 1 N–H and O–H groups in total. The van der Waals surface area contributed by atoms with Crippen LogP contribution >= 0.6 is 0 Å². The number of urea groups is 1. The molecule has 1 heterocycles. The second-order valence-electron chi connectivity index (χ2n) is 6.30. The average Bonchev–Trinajstić information content (AvgIpc) is 2.92. The Morgan fingerprint density at radius 1 is 1.07 bits per heavy atom. The molecule has 0 bridgehead atoms. The van der Waals surface area contributed by atoms with Gasteiger partial charge in [-0.2, -0.15) is 0 Å². The van der Waals surface area contributed by atoms with Gasteiger partial charge in [0.2, 0.25) is 0 Å². The van der Waals surface area contributed by atoms with Crippen LogP contribution in [-0.4, -0.2) is 43.4 Å². The molecule has 2 aromatic rings. The molecule has 1 aliphatic heterocycles. The lowest BCUT2D eigenvalue weighted by Gasteiger charge is -2.22. The molecule has 27 heavy (non-hydrogen) atoms. The molecule has 0 spiro atoms. The number of nitrogens with one attached hydrogen (secondary N) is 1. The molecule has 0 unspecified atom stereocenters. The summed E-state index contributed by atoms with van der Waals surface area (Å²) in [4.78, 5) is 38.9. The van der Waals surface area contributed by atoms with Gasteiger partial charge in [-0.1, -0.05) is 30.3 Å². The summed E-state index contributed by atoms with van der Waals surface area (Å²) >= 11 is 0. The van der Waals surface area contributed by atoms with Gasteiger partial charge in [-0.3, -0.25) is 14.5 Å². The van der Waals surface area contributed by atoms with Crippen LogP contribution in [0.4, 0.5) is 4.79 Å². The van der Waals surface area contributed by atoms with Gasteiger partial charge in [0.15, 0.2) is 5.78 Å². The Bertz CT molecular complexity index is 897. The summed E-state index contributed by atoms with van der Waals surface area (Å²) in [5, 5.41) is 2.68. The van der Waals surface area contributed by atoms with Crippen molar-refractivity contribution in [3.63, 3.8) is 0 Å². The maximum absolute atomic E-state index is 12.9. The number of hydrogen-bond acceptors (Lipinski definition) is 5. The Morgan fingerprint density at radius 3 is 2.41 bits per heavy atom. The number of carbonyl (C=O) groups is 3. The van der Waals surface area contributed by atoms with E-state index in [0.717, 1.165) is 4.90 Å². The lowest BCUT2D eigenvalue weighted by Crippen LogP contribution is -2.41. The summed E-state index contributed by atoms with van der Waals surface area (Å²) in [5.41, 5.74) is -0.282. The normalized spacial score (nSPS) is 19.0. The van der Waals surface area contributed by atoms with E-state index in [2.05, 4.69) is 5.32 Å². The van der Waals surface area contributed by atoms with Crippen molar-refractivity contribution in [2.24, 2.45) is 0 Å². The monoisotopic (exact) mass is 368 g/mol. The molecule has 0 saturated carbocycles. The Balaban J connectivity index is 1.85. The third kappa shape index (κ3) is 3.23. The molecule has 1 aliphatic rings. The van der Waals surface area contributed by atoms with E-state index in [1.807, 2.05) is 6.07 Å². The van der Waals surface area contributed by atoms with Crippen molar-refractivity contribution in [2.45, 2.75) is 12.5 Å². The van der Waals surface area contributed by atoms with Crippen molar-refractivity contribution in [1.82, 2.24) is 10.2 Å². The Hall–Kier alpha value is -3.35. The molecular formula is C20H20N2O5. The number of methoxy groups -OCH3 is 2. The van der Waals surface area contributed by atoms with Crippen LogP contribution in [0.3, 0.4) is 0 Å². The molecule has 2 aromatic carbocycles. The summed E-state index contributed by atoms with van der Waals surface area (Å²) < 4.78 is 10.3. The fourth-order valence-electron chi connectivity index (χ4n) is 3.07. The third-order valence-corrected chi connectivity index (χ3v) is 4.64. The molecule has 140 valence electrons. The van der Waals surface area contributed by atoms with Crippen molar-refractivity contribution < 1.29 is 23.9 Å². The minimum atomic E-state index is -1.21. The van der Waals surface area contributed by atoms with Gasteiger partial charge in [-0.15, -0.1) is 0 Å². The zero-order valence-electron chi connectivity index (χ0n) is 15.3. The zero-order valence-corrected chi connectivity index (χ0v) is 15.3. The maximum Gasteiger partial charge on any atom is 0.325 e. The second-order valence-corrected chi connectivity index (χ2v) is 6.30. The first-order valence-electron chi connectivity index (χ1n) is 8.35. The number of nitrogens with zero attached hydrogens (tertiary/aromatic N) is 1. The fourth-order valence-corrected chi connectivity index (χ4v) is 3.07. The van der Waals surface area contributed by atoms with Crippen LogP contribution in [0.2, 0.25) is 0 Å². The van der Waals surface area contributed by atoms with E-state index in [1.165, 1.54) is 14.2 Å². The van der Waals surface area contributed by atoms with Gasteiger partial charge in [0.1, 0.15) is 17.0 Å². The van der Waals surface area contributed by atoms with E-state index in [9.17, 15) is 14.4 Å². The number of imide groups is 1. The molecule has 3 rings (SSSR count). The number of ether oxygens (including phenoxy) is 2. The van der Waals surface area contributed by atoms with Crippen LogP contribution in [0.5, 0.6) is 11.5 Å². The molecule has 1 saturated heterocycles. The van der Waals surface area contributed by atoms with Gasteiger partial charge < -0.3 is 14.8 Å². The number of hydrogen-bond donors (Lipinski definition) is 1. The highest BCUT2D eigenvalue weighted by atomic mass is 16.5. The Kier molecular flexibility index (Phi) is 4.85. The number of benzene rings is 2. The van der Waals surface area contributed by atoms with Crippen LogP contribution in [-0.2, 0) is 10.3 Å². The SMILES string of the molecule is COc1ccc(C(=O)CN2C(=O)N[C@](C)(c3ccccc3)C2=O)c(OC)c1. The first kappa shape index (κ1) is 18.4. The van der Waals surface area contributed by atoms with Gasteiger partial charge in [-0.25, -0.2) is 4.79 Å². The topological polar surface area (TPSA) is 84.9 Å². The lowest BCUT2D eigenvalue weighted by molar-refractivity contribution is -0.130. The number of ketones is 1. The standard InChI is InChI=1S/C20H20N2O5/c1-20(13-7-5-4-6-8-13)18(24)22(19(25)21-20)12-16(23)15-10-9-14(26-2)11-17(15)27-3/h4-11H,12H2,1-3H3,(H,21,25)/t20-/m1/s1. The van der Waals surface area contributed by atoms with Crippen molar-refractivity contribution in [3.05, 3.63) is 59.7 Å². The van der Waals surface area contributed by atoms with E-state index in [0.29, 0.717) is 17.1 Å². The van der Waals surface area contributed by atoms with Gasteiger partial charge in [0, 0.05) is 6.07 Å². The minimum absolute atomic E-state index is 0.271. The first-order chi connectivity index (χ1) is 12.9. The van der Waals surface area contributed by atoms with Crippen molar-refractivity contribution >= 4 is 17.7 Å². The Labute approximate surface area is 156 Å². The third-order valence-electron chi connectivity index (χ3n) is 4.64. The van der Waals surface area contributed by atoms with E-state index in [1.54, 1.807) is 49.4 Å². The van der Waals surface area contributed by atoms with E-state index in [4.69, 9.17) is 9.47 Å². The second kappa shape index (κ2) is 7.11. The maximum atomic E-state index is 12.9. The summed E-state index contributed by atoms with van der Waals surface area (Å²) in [6.07, 6.45) is 0. The number of Topliss-reactive ketones (excluding diaryl/α,β-unsaturated/α-hetero) is 1. The number of rotatable bonds is 6. The summed E-state index contributed by atoms with van der Waals surface area (Å²) in [7, 11) is 2.94. The molecule has 1 fully saturated rings. The van der Waals surface area contributed by atoms with Crippen molar-refractivity contribution in [3.8, 4) is 11.5 Å². The zero-order chi connectivity index (χ0) is 19.6. The first-order valence-corrected chi connectivity index (χ1v) is 8.35. The molecule has 1 atom stereocenters. The molecule has 7 nitrogen and oxygen atoms in total. The van der Waals surface area contributed by atoms with Crippen LogP contribution in [0.1, 0.15) is 22.8 Å². The van der Waals surface area contributed by atoms with Gasteiger partial charge in [0.05, 0.1) is 26.3 Å². The minimum Gasteiger partial charge on any atom is -0.497 e. The largest absolute Gasteiger partial charge is 0.497 e.